The summed E-state index contributed by atoms with van der Waals surface area (Å²) in [7, 11) is 0. The average molecular weight is 475 g/mol. The van der Waals surface area contributed by atoms with Crippen LogP contribution in [0.1, 0.15) is 29.8 Å². The Bertz CT molecular complexity index is 1420. The highest BCUT2D eigenvalue weighted by atomic mass is 16.5. The molecule has 0 unspecified atom stereocenters. The molecule has 0 fully saturated rings. The summed E-state index contributed by atoms with van der Waals surface area (Å²) in [5.74, 6) is -2.15. The predicted molar refractivity (Wildman–Crippen MR) is 131 cm³/mol. The number of hydrogen-bond donors (Lipinski definition) is 3. The molecule has 3 aromatic carbocycles. The van der Waals surface area contributed by atoms with Gasteiger partial charge in [-0.05, 0) is 55.1 Å². The monoisotopic (exact) mass is 475 g/mol. The van der Waals surface area contributed by atoms with E-state index in [4.69, 9.17) is 9.15 Å². The molecule has 0 spiro atoms. The Hall–Kier alpha value is -4.30. The minimum absolute atomic E-state index is 0.0831. The number of phenols is 3. The second-order valence-corrected chi connectivity index (χ2v) is 8.01. The van der Waals surface area contributed by atoms with Crippen molar-refractivity contribution >= 4 is 16.9 Å². The first-order valence-corrected chi connectivity index (χ1v) is 11.2. The van der Waals surface area contributed by atoms with E-state index in [-0.39, 0.29) is 16.7 Å². The first kappa shape index (κ1) is 23.8. The quantitative estimate of drug-likeness (QED) is 0.201. The molecule has 1 heterocycles. The standard InChI is InChI=1S/C27H25NO7/c1-3-28(4-2)15-16-5-7-18(8-6-16)27(33)34-19-11-9-17(10-12-19)22-13-20(29)24-23(35-22)14-21(30)25(31)26(24)32/h5-14,30-32H,3-4,15H2,1-2H3. The van der Waals surface area contributed by atoms with E-state index < -0.39 is 28.6 Å². The lowest BCUT2D eigenvalue weighted by molar-refractivity contribution is 0.0734. The molecule has 4 aromatic rings. The van der Waals surface area contributed by atoms with E-state index >= 15 is 0 Å². The van der Waals surface area contributed by atoms with E-state index in [9.17, 15) is 24.9 Å². The van der Waals surface area contributed by atoms with Gasteiger partial charge in [0.05, 0.1) is 5.56 Å². The van der Waals surface area contributed by atoms with Gasteiger partial charge in [-0.2, -0.15) is 0 Å². The summed E-state index contributed by atoms with van der Waals surface area (Å²) in [6.45, 7) is 6.93. The van der Waals surface area contributed by atoms with Crippen LogP contribution in [0, 0.1) is 0 Å². The summed E-state index contributed by atoms with van der Waals surface area (Å²) in [6.07, 6.45) is 0. The zero-order valence-corrected chi connectivity index (χ0v) is 19.3. The van der Waals surface area contributed by atoms with Crippen molar-refractivity contribution in [2.75, 3.05) is 13.1 Å². The maximum atomic E-state index is 12.5. The lowest BCUT2D eigenvalue weighted by Crippen LogP contribution is -2.22. The van der Waals surface area contributed by atoms with Gasteiger partial charge in [0.25, 0.3) is 0 Å². The van der Waals surface area contributed by atoms with E-state index in [1.807, 2.05) is 12.1 Å². The summed E-state index contributed by atoms with van der Waals surface area (Å²) >= 11 is 0. The highest BCUT2D eigenvalue weighted by Gasteiger charge is 2.17. The highest BCUT2D eigenvalue weighted by Crippen LogP contribution is 2.40. The maximum absolute atomic E-state index is 12.5. The molecule has 0 bridgehead atoms. The molecule has 0 aliphatic rings. The number of fused-ring (bicyclic) bond motifs is 1. The van der Waals surface area contributed by atoms with Gasteiger partial charge in [0.2, 0.25) is 5.75 Å². The molecular weight excluding hydrogens is 450 g/mol. The fourth-order valence-corrected chi connectivity index (χ4v) is 3.73. The van der Waals surface area contributed by atoms with Gasteiger partial charge in [-0.25, -0.2) is 4.79 Å². The van der Waals surface area contributed by atoms with E-state index in [2.05, 4.69) is 18.7 Å². The molecule has 8 nitrogen and oxygen atoms in total. The number of benzene rings is 3. The maximum Gasteiger partial charge on any atom is 0.343 e. The van der Waals surface area contributed by atoms with Crippen LogP contribution in [-0.4, -0.2) is 39.3 Å². The van der Waals surface area contributed by atoms with Crippen LogP contribution >= 0.6 is 0 Å². The van der Waals surface area contributed by atoms with Gasteiger partial charge >= 0.3 is 5.97 Å². The molecule has 0 atom stereocenters. The zero-order valence-electron chi connectivity index (χ0n) is 19.3. The topological polar surface area (TPSA) is 120 Å². The number of nitrogens with zero attached hydrogens (tertiary/aromatic N) is 1. The van der Waals surface area contributed by atoms with Crippen molar-refractivity contribution in [2.24, 2.45) is 0 Å². The van der Waals surface area contributed by atoms with Crippen molar-refractivity contribution in [3.63, 3.8) is 0 Å². The van der Waals surface area contributed by atoms with Crippen LogP contribution < -0.4 is 10.2 Å². The Labute approximate surface area is 201 Å². The zero-order chi connectivity index (χ0) is 25.1. The average Bonchev–Trinajstić information content (AvgIpc) is 2.86. The van der Waals surface area contributed by atoms with Gasteiger partial charge in [-0.1, -0.05) is 26.0 Å². The number of ether oxygens (including phenoxy) is 1. The van der Waals surface area contributed by atoms with Gasteiger partial charge in [0.1, 0.15) is 22.5 Å². The molecule has 0 amide bonds. The van der Waals surface area contributed by atoms with E-state index in [0.717, 1.165) is 31.3 Å². The summed E-state index contributed by atoms with van der Waals surface area (Å²) in [5.41, 5.74) is 1.38. The van der Waals surface area contributed by atoms with Crippen LogP contribution in [0.4, 0.5) is 0 Å². The van der Waals surface area contributed by atoms with Crippen molar-refractivity contribution in [1.82, 2.24) is 4.90 Å². The van der Waals surface area contributed by atoms with Crippen LogP contribution in [0.5, 0.6) is 23.0 Å². The second-order valence-electron chi connectivity index (χ2n) is 8.01. The second kappa shape index (κ2) is 9.90. The lowest BCUT2D eigenvalue weighted by atomic mass is 10.1. The molecule has 3 N–H and O–H groups in total. The van der Waals surface area contributed by atoms with Gasteiger partial charge in [-0.15, -0.1) is 0 Å². The number of aromatic hydroxyl groups is 3. The molecule has 0 radical (unpaired) electrons. The molecule has 4 rings (SSSR count). The number of esters is 1. The molecule has 0 aliphatic carbocycles. The number of hydrogen-bond acceptors (Lipinski definition) is 8. The largest absolute Gasteiger partial charge is 0.504 e. The van der Waals surface area contributed by atoms with Crippen molar-refractivity contribution in [1.29, 1.82) is 0 Å². The summed E-state index contributed by atoms with van der Waals surface area (Å²) in [5, 5.41) is 29.1. The molecule has 35 heavy (non-hydrogen) atoms. The van der Waals surface area contributed by atoms with Gasteiger partial charge < -0.3 is 24.5 Å². The van der Waals surface area contributed by atoms with Gasteiger partial charge in [0, 0.05) is 24.2 Å². The SMILES string of the molecule is CCN(CC)Cc1ccc(C(=O)Oc2ccc(-c3cc(=O)c4c(O)c(O)c(O)cc4o3)cc2)cc1. The number of phenolic OH excluding ortho intramolecular Hbond substituents is 3. The number of carbonyl (C=O) groups excluding carboxylic acids is 1. The van der Waals surface area contributed by atoms with Gasteiger partial charge in [0.15, 0.2) is 16.9 Å². The minimum Gasteiger partial charge on any atom is -0.504 e. The van der Waals surface area contributed by atoms with Crippen molar-refractivity contribution < 1.29 is 29.3 Å². The molecule has 180 valence electrons. The third kappa shape index (κ3) is 4.97. The predicted octanol–water partition coefficient (Wildman–Crippen LogP) is 4.64. The Kier molecular flexibility index (Phi) is 6.75. The van der Waals surface area contributed by atoms with Crippen LogP contribution in [0.25, 0.3) is 22.3 Å². The third-order valence-corrected chi connectivity index (χ3v) is 5.79. The molecule has 0 aliphatic heterocycles. The highest BCUT2D eigenvalue weighted by molar-refractivity contribution is 5.91. The summed E-state index contributed by atoms with van der Waals surface area (Å²) < 4.78 is 11.1. The van der Waals surface area contributed by atoms with Crippen LogP contribution in [0.3, 0.4) is 0 Å². The van der Waals surface area contributed by atoms with Gasteiger partial charge in [-0.3, -0.25) is 9.69 Å². The van der Waals surface area contributed by atoms with Crippen molar-refractivity contribution in [3.05, 3.63) is 82.0 Å². The Morgan fingerprint density at radius 2 is 1.57 bits per heavy atom. The van der Waals surface area contributed by atoms with E-state index in [0.29, 0.717) is 16.9 Å². The van der Waals surface area contributed by atoms with E-state index in [1.54, 1.807) is 36.4 Å². The van der Waals surface area contributed by atoms with Crippen LogP contribution in [0.15, 0.2) is 69.9 Å². The van der Waals surface area contributed by atoms with Crippen molar-refractivity contribution in [2.45, 2.75) is 20.4 Å². The molecule has 0 saturated heterocycles. The first-order chi connectivity index (χ1) is 16.8. The Morgan fingerprint density at radius 1 is 0.914 bits per heavy atom. The Balaban J connectivity index is 1.50. The fourth-order valence-electron chi connectivity index (χ4n) is 3.73. The normalized spacial score (nSPS) is 11.2. The first-order valence-electron chi connectivity index (χ1n) is 11.2. The summed E-state index contributed by atoms with van der Waals surface area (Å²) in [6, 6.07) is 15.9. The lowest BCUT2D eigenvalue weighted by Gasteiger charge is -2.17. The molecule has 8 heteroatoms. The third-order valence-electron chi connectivity index (χ3n) is 5.79. The molecule has 0 saturated carbocycles. The Morgan fingerprint density at radius 3 is 2.20 bits per heavy atom. The minimum atomic E-state index is -0.790. The fraction of sp³-hybridized carbons (Fsp3) is 0.185. The number of rotatable bonds is 7. The molecule has 1 aromatic heterocycles. The van der Waals surface area contributed by atoms with Crippen LogP contribution in [-0.2, 0) is 6.54 Å². The van der Waals surface area contributed by atoms with Crippen LogP contribution in [0.2, 0.25) is 0 Å². The van der Waals surface area contributed by atoms with Crippen molar-refractivity contribution in [3.8, 4) is 34.3 Å². The van der Waals surface area contributed by atoms with E-state index in [1.165, 1.54) is 6.07 Å². The smallest absolute Gasteiger partial charge is 0.343 e. The molecular formula is C27H25NO7. The summed E-state index contributed by atoms with van der Waals surface area (Å²) in [4.78, 5) is 27.3. The number of carbonyl (C=O) groups is 1.